The third kappa shape index (κ3) is 3.24. The van der Waals surface area contributed by atoms with Gasteiger partial charge < -0.3 is 10.0 Å². The van der Waals surface area contributed by atoms with Crippen molar-refractivity contribution in [3.05, 3.63) is 6.33 Å². The summed E-state index contributed by atoms with van der Waals surface area (Å²) in [6.07, 6.45) is 7.76. The van der Waals surface area contributed by atoms with Gasteiger partial charge in [-0.05, 0) is 18.8 Å². The molecule has 1 aromatic rings. The molecule has 0 spiro atoms. The van der Waals surface area contributed by atoms with Gasteiger partial charge in [-0.3, -0.25) is 5.32 Å². The van der Waals surface area contributed by atoms with Gasteiger partial charge in [0.25, 0.3) is 0 Å². The molecule has 1 saturated carbocycles. The Morgan fingerprint density at radius 1 is 1.36 bits per heavy atom. The Hall–Kier alpha value is -1.63. The van der Waals surface area contributed by atoms with E-state index in [9.17, 15) is 9.90 Å². The summed E-state index contributed by atoms with van der Waals surface area (Å²) < 4.78 is 1.89. The zero-order valence-electron chi connectivity index (χ0n) is 13.1. The average molecular weight is 307 g/mol. The second-order valence-electron chi connectivity index (χ2n) is 6.60. The molecule has 2 fully saturated rings. The van der Waals surface area contributed by atoms with E-state index in [0.29, 0.717) is 31.0 Å². The maximum Gasteiger partial charge on any atom is 0.324 e. The quantitative estimate of drug-likeness (QED) is 0.893. The molecule has 0 aromatic carbocycles. The van der Waals surface area contributed by atoms with Gasteiger partial charge in [-0.25, -0.2) is 14.5 Å². The highest BCUT2D eigenvalue weighted by Crippen LogP contribution is 2.27. The highest BCUT2D eigenvalue weighted by Gasteiger charge is 2.32. The van der Waals surface area contributed by atoms with E-state index in [-0.39, 0.29) is 18.6 Å². The van der Waals surface area contributed by atoms with Crippen LogP contribution in [0.3, 0.4) is 0 Å². The number of hydrogen-bond acceptors (Lipinski definition) is 4. The number of aliphatic hydroxyl groups excluding tert-OH is 1. The first-order chi connectivity index (χ1) is 10.7. The molecule has 7 heteroatoms. The normalized spacial score (nSPS) is 26.4. The summed E-state index contributed by atoms with van der Waals surface area (Å²) in [5, 5.41) is 16.5. The molecule has 7 nitrogen and oxygen atoms in total. The lowest BCUT2D eigenvalue weighted by atomic mass is 9.96. The van der Waals surface area contributed by atoms with Crippen molar-refractivity contribution in [2.45, 2.75) is 45.1 Å². The number of nitrogens with zero attached hydrogens (tertiary/aromatic N) is 4. The number of carbonyl (C=O) groups is 1. The van der Waals surface area contributed by atoms with Crippen molar-refractivity contribution in [1.29, 1.82) is 0 Å². The molecule has 1 saturated heterocycles. The molecule has 122 valence electrons. The lowest BCUT2D eigenvalue weighted by molar-refractivity contribution is 0.202. The Kier molecular flexibility index (Phi) is 4.61. The van der Waals surface area contributed by atoms with Crippen molar-refractivity contribution in [2.24, 2.45) is 11.8 Å². The van der Waals surface area contributed by atoms with Gasteiger partial charge in [0.1, 0.15) is 6.33 Å². The number of nitrogens with one attached hydrogen (secondary N) is 1. The highest BCUT2D eigenvalue weighted by atomic mass is 16.3. The molecular weight excluding hydrogens is 282 g/mol. The number of amides is 2. The molecule has 2 atom stereocenters. The van der Waals surface area contributed by atoms with Crippen molar-refractivity contribution < 1.29 is 9.90 Å². The van der Waals surface area contributed by atoms with Crippen LogP contribution >= 0.6 is 0 Å². The Labute approximate surface area is 130 Å². The summed E-state index contributed by atoms with van der Waals surface area (Å²) in [5.74, 6) is 0.859. The number of rotatable bonds is 3. The van der Waals surface area contributed by atoms with E-state index in [1.165, 1.54) is 19.3 Å². The van der Waals surface area contributed by atoms with Crippen LogP contribution in [0.1, 0.15) is 45.1 Å². The minimum absolute atomic E-state index is 0.125. The lowest BCUT2D eigenvalue weighted by Crippen LogP contribution is -2.33. The van der Waals surface area contributed by atoms with Gasteiger partial charge in [0, 0.05) is 25.6 Å². The molecule has 1 aromatic heterocycles. The predicted octanol–water partition coefficient (Wildman–Crippen LogP) is 1.88. The van der Waals surface area contributed by atoms with Gasteiger partial charge in [0.15, 0.2) is 0 Å². The number of aromatic nitrogens is 3. The van der Waals surface area contributed by atoms with Gasteiger partial charge in [-0.2, -0.15) is 0 Å². The first kappa shape index (κ1) is 15.3. The number of carbonyl (C=O) groups excluding carboxylic acids is 1. The summed E-state index contributed by atoms with van der Waals surface area (Å²) in [4.78, 5) is 18.2. The Bertz CT molecular complexity index is 512. The topological polar surface area (TPSA) is 83.3 Å². The van der Waals surface area contributed by atoms with E-state index in [1.807, 2.05) is 4.68 Å². The van der Waals surface area contributed by atoms with Crippen LogP contribution in [-0.2, 0) is 0 Å². The Balaban J connectivity index is 1.57. The zero-order valence-corrected chi connectivity index (χ0v) is 13.1. The standard InChI is InChI=1S/C15H25N5O2/c1-11-7-19(8-12(11)9-21)15(22)17-14-16-10-20(18-14)13-5-3-2-4-6-13/h10-13,21H,2-9H2,1H3,(H,17,18,22)/t11-,12+/m1/s1. The average Bonchev–Trinajstić information content (AvgIpc) is 3.14. The molecule has 3 rings (SSSR count). The van der Waals surface area contributed by atoms with Gasteiger partial charge in [0.05, 0.1) is 6.04 Å². The molecule has 2 amide bonds. The fourth-order valence-corrected chi connectivity index (χ4v) is 3.47. The summed E-state index contributed by atoms with van der Waals surface area (Å²) in [6.45, 7) is 3.44. The number of anilines is 1. The van der Waals surface area contributed by atoms with Crippen LogP contribution in [0.5, 0.6) is 0 Å². The monoisotopic (exact) mass is 307 g/mol. The van der Waals surface area contributed by atoms with Crippen molar-refractivity contribution >= 4 is 12.0 Å². The highest BCUT2D eigenvalue weighted by molar-refractivity contribution is 5.87. The maximum atomic E-state index is 12.3. The Morgan fingerprint density at radius 3 is 2.82 bits per heavy atom. The maximum absolute atomic E-state index is 12.3. The van der Waals surface area contributed by atoms with Crippen LogP contribution in [0.25, 0.3) is 0 Å². The molecule has 1 aliphatic heterocycles. The fourth-order valence-electron chi connectivity index (χ4n) is 3.47. The summed E-state index contributed by atoms with van der Waals surface area (Å²) in [7, 11) is 0. The second kappa shape index (κ2) is 6.64. The van der Waals surface area contributed by atoms with Gasteiger partial charge in [0.2, 0.25) is 5.95 Å². The lowest BCUT2D eigenvalue weighted by Gasteiger charge is -2.21. The van der Waals surface area contributed by atoms with Crippen LogP contribution < -0.4 is 5.32 Å². The molecular formula is C15H25N5O2. The Morgan fingerprint density at radius 2 is 2.14 bits per heavy atom. The molecule has 22 heavy (non-hydrogen) atoms. The largest absolute Gasteiger partial charge is 0.396 e. The van der Waals surface area contributed by atoms with Crippen molar-refractivity contribution in [3.8, 4) is 0 Å². The summed E-state index contributed by atoms with van der Waals surface area (Å²) in [5.41, 5.74) is 0. The van der Waals surface area contributed by atoms with E-state index >= 15 is 0 Å². The van der Waals surface area contributed by atoms with Gasteiger partial charge >= 0.3 is 6.03 Å². The van der Waals surface area contributed by atoms with E-state index in [0.717, 1.165) is 12.8 Å². The minimum atomic E-state index is -0.177. The molecule has 2 N–H and O–H groups in total. The summed E-state index contributed by atoms with van der Waals surface area (Å²) in [6, 6.07) is 0.238. The molecule has 2 aliphatic rings. The third-order valence-corrected chi connectivity index (χ3v) is 4.97. The fraction of sp³-hybridized carbons (Fsp3) is 0.800. The number of urea groups is 1. The number of likely N-dealkylation sites (tertiary alicyclic amines) is 1. The molecule has 2 heterocycles. The van der Waals surface area contributed by atoms with Crippen LogP contribution in [0.4, 0.5) is 10.7 Å². The SMILES string of the molecule is C[C@@H]1CN(C(=O)Nc2ncn(C3CCCCC3)n2)C[C@H]1CO. The minimum Gasteiger partial charge on any atom is -0.396 e. The van der Waals surface area contributed by atoms with Gasteiger partial charge in [-0.1, -0.05) is 26.2 Å². The number of aliphatic hydroxyl groups is 1. The van der Waals surface area contributed by atoms with Crippen LogP contribution in [-0.4, -0.2) is 50.5 Å². The second-order valence-corrected chi connectivity index (χ2v) is 6.60. The third-order valence-electron chi connectivity index (χ3n) is 4.97. The van der Waals surface area contributed by atoms with Crippen molar-refractivity contribution in [2.75, 3.05) is 25.0 Å². The van der Waals surface area contributed by atoms with Crippen molar-refractivity contribution in [3.63, 3.8) is 0 Å². The summed E-state index contributed by atoms with van der Waals surface area (Å²) >= 11 is 0. The number of hydrogen-bond donors (Lipinski definition) is 2. The zero-order chi connectivity index (χ0) is 15.5. The first-order valence-corrected chi connectivity index (χ1v) is 8.25. The van der Waals surface area contributed by atoms with Gasteiger partial charge in [-0.15, -0.1) is 5.10 Å². The van der Waals surface area contributed by atoms with E-state index < -0.39 is 0 Å². The molecule has 0 radical (unpaired) electrons. The first-order valence-electron chi connectivity index (χ1n) is 8.25. The van der Waals surface area contributed by atoms with Crippen LogP contribution in [0.15, 0.2) is 6.33 Å². The molecule has 1 aliphatic carbocycles. The van der Waals surface area contributed by atoms with Crippen molar-refractivity contribution in [1.82, 2.24) is 19.7 Å². The van der Waals surface area contributed by atoms with Crippen LogP contribution in [0.2, 0.25) is 0 Å². The van der Waals surface area contributed by atoms with Crippen LogP contribution in [0, 0.1) is 11.8 Å². The van der Waals surface area contributed by atoms with E-state index in [2.05, 4.69) is 22.3 Å². The van der Waals surface area contributed by atoms with E-state index in [1.54, 1.807) is 11.2 Å². The molecule has 0 unspecified atom stereocenters. The predicted molar refractivity (Wildman–Crippen MR) is 82.5 cm³/mol. The smallest absolute Gasteiger partial charge is 0.324 e. The molecule has 0 bridgehead atoms. The van der Waals surface area contributed by atoms with E-state index in [4.69, 9.17) is 0 Å².